The summed E-state index contributed by atoms with van der Waals surface area (Å²) in [6, 6.07) is 10.9. The number of nitrogens with zero attached hydrogens (tertiary/aromatic N) is 3. The van der Waals surface area contributed by atoms with Crippen LogP contribution in [0.5, 0.6) is 0 Å². The first-order chi connectivity index (χ1) is 12.4. The monoisotopic (exact) mass is 377 g/mol. The second-order valence-electron chi connectivity index (χ2n) is 6.97. The Bertz CT molecular complexity index is 805. The average molecular weight is 378 g/mol. The molecule has 1 unspecified atom stereocenters. The number of rotatable bonds is 6. The van der Waals surface area contributed by atoms with Crippen molar-refractivity contribution in [2.24, 2.45) is 0 Å². The van der Waals surface area contributed by atoms with Gasteiger partial charge in [-0.25, -0.2) is 8.42 Å². The van der Waals surface area contributed by atoms with E-state index in [1.807, 2.05) is 6.07 Å². The zero-order valence-electron chi connectivity index (χ0n) is 15.7. The van der Waals surface area contributed by atoms with E-state index in [-0.39, 0.29) is 4.90 Å². The maximum Gasteiger partial charge on any atom is 0.248 e. The van der Waals surface area contributed by atoms with E-state index >= 15 is 0 Å². The van der Waals surface area contributed by atoms with E-state index in [1.165, 1.54) is 5.56 Å². The molecular formula is C19H27N3O3S. The molecule has 0 saturated carbocycles. The van der Waals surface area contributed by atoms with Crippen LogP contribution in [0.4, 0.5) is 0 Å². The molecule has 2 heterocycles. The van der Waals surface area contributed by atoms with Crippen molar-refractivity contribution >= 4 is 10.0 Å². The lowest BCUT2D eigenvalue weighted by Gasteiger charge is -2.37. The molecule has 1 saturated heterocycles. The molecule has 1 aliphatic rings. The van der Waals surface area contributed by atoms with Gasteiger partial charge in [-0.3, -0.25) is 4.90 Å². The van der Waals surface area contributed by atoms with Crippen LogP contribution in [-0.2, 0) is 16.4 Å². The van der Waals surface area contributed by atoms with Crippen molar-refractivity contribution in [3.63, 3.8) is 0 Å². The molecule has 1 atom stereocenters. The third-order valence-electron chi connectivity index (χ3n) is 5.16. The summed E-state index contributed by atoms with van der Waals surface area (Å²) in [4.78, 5) is 2.60. The topological polar surface area (TPSA) is 66.7 Å². The van der Waals surface area contributed by atoms with Gasteiger partial charge in [0, 0.05) is 32.2 Å². The van der Waals surface area contributed by atoms with E-state index in [2.05, 4.69) is 41.2 Å². The zero-order valence-corrected chi connectivity index (χ0v) is 16.5. The smallest absolute Gasteiger partial charge is 0.248 e. The number of hydrogen-bond donors (Lipinski definition) is 0. The van der Waals surface area contributed by atoms with Gasteiger partial charge in [0.15, 0.2) is 5.76 Å². The lowest BCUT2D eigenvalue weighted by Crippen LogP contribution is -2.51. The number of sulfonamides is 1. The highest BCUT2D eigenvalue weighted by Crippen LogP contribution is 2.24. The Kier molecular flexibility index (Phi) is 5.79. The van der Waals surface area contributed by atoms with Gasteiger partial charge in [-0.2, -0.15) is 4.31 Å². The lowest BCUT2D eigenvalue weighted by atomic mass is 10.0. The number of aryl methyl sites for hydroxylation is 3. The fourth-order valence-corrected chi connectivity index (χ4v) is 5.27. The Balaban J connectivity index is 1.57. The summed E-state index contributed by atoms with van der Waals surface area (Å²) in [5.74, 6) is 0.362. The molecule has 142 valence electrons. The number of benzene rings is 1. The fraction of sp³-hybridized carbons (Fsp3) is 0.526. The highest BCUT2D eigenvalue weighted by atomic mass is 32.2. The molecule has 6 nitrogen and oxygen atoms in total. The third-order valence-corrected chi connectivity index (χ3v) is 7.30. The van der Waals surface area contributed by atoms with Gasteiger partial charge in [0.05, 0.1) is 0 Å². The zero-order chi connectivity index (χ0) is 18.7. The molecule has 7 heteroatoms. The summed E-state index contributed by atoms with van der Waals surface area (Å²) < 4.78 is 32.4. The number of aromatic nitrogens is 1. The first-order valence-electron chi connectivity index (χ1n) is 9.10. The minimum atomic E-state index is -3.53. The van der Waals surface area contributed by atoms with Crippen LogP contribution in [0.2, 0.25) is 0 Å². The predicted octanol–water partition coefficient (Wildman–Crippen LogP) is 2.62. The summed E-state index contributed by atoms with van der Waals surface area (Å²) >= 11 is 0. The van der Waals surface area contributed by atoms with E-state index in [0.29, 0.717) is 30.6 Å². The molecule has 0 N–H and O–H groups in total. The summed E-state index contributed by atoms with van der Waals surface area (Å²) in [6.07, 6.45) is 2.11. The van der Waals surface area contributed by atoms with Gasteiger partial charge < -0.3 is 4.52 Å². The maximum atomic E-state index is 12.9. The van der Waals surface area contributed by atoms with Gasteiger partial charge in [0.1, 0.15) is 10.6 Å². The lowest BCUT2D eigenvalue weighted by molar-refractivity contribution is 0.140. The SMILES string of the molecule is Cc1noc(C)c1S(=O)(=O)N1CCN(C(C)CCc2ccccc2)CC1. The normalized spacial score (nSPS) is 18.1. The highest BCUT2D eigenvalue weighted by Gasteiger charge is 2.33. The predicted molar refractivity (Wildman–Crippen MR) is 101 cm³/mol. The van der Waals surface area contributed by atoms with Crippen LogP contribution >= 0.6 is 0 Å². The van der Waals surface area contributed by atoms with Crippen LogP contribution < -0.4 is 0 Å². The summed E-state index contributed by atoms with van der Waals surface area (Å²) in [5.41, 5.74) is 1.78. The van der Waals surface area contributed by atoms with Crippen molar-refractivity contribution < 1.29 is 12.9 Å². The highest BCUT2D eigenvalue weighted by molar-refractivity contribution is 7.89. The summed E-state index contributed by atoms with van der Waals surface area (Å²) in [7, 11) is -3.53. The van der Waals surface area contributed by atoms with Crippen LogP contribution in [-0.4, -0.2) is 55.0 Å². The van der Waals surface area contributed by atoms with E-state index < -0.39 is 10.0 Å². The van der Waals surface area contributed by atoms with Crippen LogP contribution in [0, 0.1) is 13.8 Å². The summed E-state index contributed by atoms with van der Waals surface area (Å²) in [5, 5.41) is 3.78. The number of hydrogen-bond acceptors (Lipinski definition) is 5. The van der Waals surface area contributed by atoms with Crippen molar-refractivity contribution in [2.75, 3.05) is 26.2 Å². The Hall–Kier alpha value is -1.70. The van der Waals surface area contributed by atoms with E-state index in [4.69, 9.17) is 4.52 Å². The Morgan fingerprint density at radius 2 is 1.77 bits per heavy atom. The molecule has 1 aromatic carbocycles. The molecule has 26 heavy (non-hydrogen) atoms. The van der Waals surface area contributed by atoms with E-state index in [9.17, 15) is 8.42 Å². The molecule has 0 radical (unpaired) electrons. The molecule has 0 aliphatic carbocycles. The minimum absolute atomic E-state index is 0.225. The second-order valence-corrected chi connectivity index (χ2v) is 8.84. The van der Waals surface area contributed by atoms with Gasteiger partial charge in [0.2, 0.25) is 10.0 Å². The van der Waals surface area contributed by atoms with Crippen molar-refractivity contribution in [1.29, 1.82) is 0 Å². The van der Waals surface area contributed by atoms with E-state index in [1.54, 1.807) is 18.2 Å². The van der Waals surface area contributed by atoms with Gasteiger partial charge in [-0.1, -0.05) is 35.5 Å². The molecule has 2 aromatic rings. The van der Waals surface area contributed by atoms with Crippen LogP contribution in [0.25, 0.3) is 0 Å². The molecule has 0 bridgehead atoms. The Labute approximate surface area is 155 Å². The average Bonchev–Trinajstić information content (AvgIpc) is 2.99. The largest absolute Gasteiger partial charge is 0.360 e. The van der Waals surface area contributed by atoms with Gasteiger partial charge in [-0.05, 0) is 39.2 Å². The van der Waals surface area contributed by atoms with Crippen LogP contribution in [0.1, 0.15) is 30.4 Å². The molecule has 3 rings (SSSR count). The quantitative estimate of drug-likeness (QED) is 0.774. The molecule has 0 amide bonds. The van der Waals surface area contributed by atoms with Crippen molar-refractivity contribution in [3.05, 3.63) is 47.3 Å². The van der Waals surface area contributed by atoms with Gasteiger partial charge in [0.25, 0.3) is 0 Å². The Morgan fingerprint density at radius 3 is 2.35 bits per heavy atom. The first kappa shape index (κ1) is 19.1. The van der Waals surface area contributed by atoms with Crippen molar-refractivity contribution in [2.45, 2.75) is 44.6 Å². The fourth-order valence-electron chi connectivity index (χ4n) is 3.56. The molecular weight excluding hydrogens is 350 g/mol. The molecule has 1 aliphatic heterocycles. The Morgan fingerprint density at radius 1 is 1.12 bits per heavy atom. The van der Waals surface area contributed by atoms with Crippen molar-refractivity contribution in [3.8, 4) is 0 Å². The molecule has 1 aromatic heterocycles. The van der Waals surface area contributed by atoms with Gasteiger partial charge >= 0.3 is 0 Å². The van der Waals surface area contributed by atoms with Gasteiger partial charge in [-0.15, -0.1) is 0 Å². The first-order valence-corrected chi connectivity index (χ1v) is 10.5. The summed E-state index contributed by atoms with van der Waals surface area (Å²) in [6.45, 7) is 8.04. The van der Waals surface area contributed by atoms with Crippen LogP contribution in [0.3, 0.4) is 0 Å². The minimum Gasteiger partial charge on any atom is -0.360 e. The standard InChI is InChI=1S/C19H27N3O3S/c1-15(9-10-18-7-5-4-6-8-18)21-11-13-22(14-12-21)26(23,24)19-16(2)20-25-17(19)3/h4-8,15H,9-14H2,1-3H3. The van der Waals surface area contributed by atoms with Crippen molar-refractivity contribution in [1.82, 2.24) is 14.4 Å². The van der Waals surface area contributed by atoms with Crippen LogP contribution in [0.15, 0.2) is 39.8 Å². The second kappa shape index (κ2) is 7.90. The van der Waals surface area contributed by atoms with E-state index in [0.717, 1.165) is 25.9 Å². The molecule has 1 fully saturated rings. The molecule has 0 spiro atoms. The third kappa shape index (κ3) is 4.00. The maximum absolute atomic E-state index is 12.9. The number of piperazine rings is 1.